The Morgan fingerprint density at radius 2 is 2.00 bits per heavy atom. The lowest BCUT2D eigenvalue weighted by Gasteiger charge is -2.12. The smallest absolute Gasteiger partial charge is 0.255 e. The first-order valence-corrected chi connectivity index (χ1v) is 6.63. The van der Waals surface area contributed by atoms with E-state index in [4.69, 9.17) is 11.6 Å². The van der Waals surface area contributed by atoms with Gasteiger partial charge in [-0.1, -0.05) is 17.7 Å². The first-order chi connectivity index (χ1) is 9.54. The molecule has 0 atom stereocenters. The lowest BCUT2D eigenvalue weighted by molar-refractivity contribution is 0.506. The van der Waals surface area contributed by atoms with E-state index in [1.165, 1.54) is 16.7 Å². The molecule has 1 aliphatic rings. The topological polar surface area (TPSA) is 34.9 Å². The summed E-state index contributed by atoms with van der Waals surface area (Å²) < 4.78 is 27.6. The molecule has 2 aromatic rings. The van der Waals surface area contributed by atoms with Crippen molar-refractivity contribution < 1.29 is 8.78 Å². The van der Waals surface area contributed by atoms with Gasteiger partial charge in [-0.25, -0.2) is 13.8 Å². The van der Waals surface area contributed by atoms with Gasteiger partial charge < -0.3 is 0 Å². The number of halogens is 3. The van der Waals surface area contributed by atoms with Crippen LogP contribution in [0, 0.1) is 11.6 Å². The van der Waals surface area contributed by atoms with Gasteiger partial charge in [-0.2, -0.15) is 0 Å². The molecule has 104 valence electrons. The Hall–Kier alpha value is -1.75. The maximum atomic E-state index is 13.2. The van der Waals surface area contributed by atoms with Gasteiger partial charge in [0.15, 0.2) is 11.6 Å². The Balaban J connectivity index is 2.01. The molecule has 0 spiro atoms. The molecular weight excluding hydrogens is 286 g/mol. The van der Waals surface area contributed by atoms with Crippen molar-refractivity contribution in [3.8, 4) is 0 Å². The van der Waals surface area contributed by atoms with Gasteiger partial charge in [0.05, 0.1) is 6.54 Å². The minimum atomic E-state index is -0.926. The second-order valence-corrected chi connectivity index (χ2v) is 5.27. The normalized spacial score (nSPS) is 14.6. The zero-order valence-electron chi connectivity index (χ0n) is 10.4. The summed E-state index contributed by atoms with van der Waals surface area (Å²) in [7, 11) is 0. The zero-order valence-corrected chi connectivity index (χ0v) is 11.2. The molecule has 3 nitrogen and oxygen atoms in total. The lowest BCUT2D eigenvalue weighted by Crippen LogP contribution is -2.24. The Labute approximate surface area is 118 Å². The highest BCUT2D eigenvalue weighted by molar-refractivity contribution is 6.29. The van der Waals surface area contributed by atoms with E-state index in [9.17, 15) is 13.6 Å². The van der Waals surface area contributed by atoms with Crippen molar-refractivity contribution in [2.45, 2.75) is 25.3 Å². The molecule has 0 saturated heterocycles. The van der Waals surface area contributed by atoms with Gasteiger partial charge in [-0.15, -0.1) is 0 Å². The molecule has 20 heavy (non-hydrogen) atoms. The van der Waals surface area contributed by atoms with Crippen LogP contribution in [0.1, 0.15) is 30.1 Å². The second kappa shape index (κ2) is 4.98. The molecule has 0 bridgehead atoms. The highest BCUT2D eigenvalue weighted by Gasteiger charge is 2.29. The maximum absolute atomic E-state index is 13.2. The van der Waals surface area contributed by atoms with Crippen LogP contribution in [0.3, 0.4) is 0 Å². The van der Waals surface area contributed by atoms with Crippen LogP contribution in [0.5, 0.6) is 0 Å². The largest absolute Gasteiger partial charge is 0.292 e. The monoisotopic (exact) mass is 296 g/mol. The Morgan fingerprint density at radius 3 is 2.65 bits per heavy atom. The fraction of sp³-hybridized carbons (Fsp3) is 0.286. The van der Waals surface area contributed by atoms with E-state index >= 15 is 0 Å². The van der Waals surface area contributed by atoms with Crippen molar-refractivity contribution in [2.75, 3.05) is 0 Å². The van der Waals surface area contributed by atoms with Gasteiger partial charge in [0, 0.05) is 12.0 Å². The van der Waals surface area contributed by atoms with Crippen molar-refractivity contribution in [3.05, 3.63) is 62.8 Å². The standard InChI is InChI=1S/C14H11ClF2N2O/c15-12-6-13(20)19(14(18-12)9-2-3-9)7-8-1-4-10(16)11(17)5-8/h1,4-6,9H,2-3,7H2. The first kappa shape index (κ1) is 13.2. The fourth-order valence-corrected chi connectivity index (χ4v) is 2.31. The van der Waals surface area contributed by atoms with Crippen LogP contribution < -0.4 is 5.56 Å². The van der Waals surface area contributed by atoms with E-state index in [1.807, 2.05) is 0 Å². The van der Waals surface area contributed by atoms with Crippen molar-refractivity contribution in [1.82, 2.24) is 9.55 Å². The third kappa shape index (κ3) is 2.58. The van der Waals surface area contributed by atoms with E-state index in [1.54, 1.807) is 0 Å². The molecule has 1 saturated carbocycles. The Bertz CT molecular complexity index is 726. The minimum Gasteiger partial charge on any atom is -0.292 e. The van der Waals surface area contributed by atoms with Crippen LogP contribution in [0.2, 0.25) is 5.15 Å². The van der Waals surface area contributed by atoms with Gasteiger partial charge in [0.2, 0.25) is 0 Å². The molecule has 0 amide bonds. The SMILES string of the molecule is O=c1cc(Cl)nc(C2CC2)n1Cc1ccc(F)c(F)c1. The summed E-state index contributed by atoms with van der Waals surface area (Å²) in [5.41, 5.74) is 0.230. The van der Waals surface area contributed by atoms with Crippen LogP contribution >= 0.6 is 11.6 Å². The van der Waals surface area contributed by atoms with Crippen molar-refractivity contribution in [3.63, 3.8) is 0 Å². The molecule has 0 N–H and O–H groups in total. The van der Waals surface area contributed by atoms with Crippen LogP contribution in [-0.4, -0.2) is 9.55 Å². The number of benzene rings is 1. The van der Waals surface area contributed by atoms with E-state index in [2.05, 4.69) is 4.98 Å². The molecular formula is C14H11ClF2N2O. The summed E-state index contributed by atoms with van der Waals surface area (Å²) in [4.78, 5) is 16.2. The number of aromatic nitrogens is 2. The number of hydrogen-bond acceptors (Lipinski definition) is 2. The Morgan fingerprint density at radius 1 is 1.25 bits per heavy atom. The van der Waals surface area contributed by atoms with E-state index in [-0.39, 0.29) is 23.2 Å². The third-order valence-electron chi connectivity index (χ3n) is 3.27. The number of rotatable bonds is 3. The van der Waals surface area contributed by atoms with Crippen molar-refractivity contribution in [2.24, 2.45) is 0 Å². The Kier molecular flexibility index (Phi) is 3.30. The van der Waals surface area contributed by atoms with Gasteiger partial charge in [-0.3, -0.25) is 9.36 Å². The fourth-order valence-electron chi connectivity index (χ4n) is 2.13. The highest BCUT2D eigenvalue weighted by atomic mass is 35.5. The molecule has 1 aliphatic carbocycles. The van der Waals surface area contributed by atoms with Gasteiger partial charge in [0.1, 0.15) is 11.0 Å². The van der Waals surface area contributed by atoms with Gasteiger partial charge >= 0.3 is 0 Å². The van der Waals surface area contributed by atoms with Gasteiger partial charge in [-0.05, 0) is 30.5 Å². The van der Waals surface area contributed by atoms with E-state index in [0.717, 1.165) is 25.0 Å². The van der Waals surface area contributed by atoms with Crippen LogP contribution in [-0.2, 0) is 6.54 Å². The average molecular weight is 297 g/mol. The summed E-state index contributed by atoms with van der Waals surface area (Å²) >= 11 is 5.81. The minimum absolute atomic E-state index is 0.159. The van der Waals surface area contributed by atoms with Crippen LogP contribution in [0.15, 0.2) is 29.1 Å². The summed E-state index contributed by atoms with van der Waals surface area (Å²) in [6, 6.07) is 4.83. The molecule has 1 fully saturated rings. The first-order valence-electron chi connectivity index (χ1n) is 6.26. The summed E-state index contributed by atoms with van der Waals surface area (Å²) in [6.07, 6.45) is 1.93. The molecule has 3 rings (SSSR count). The van der Waals surface area contributed by atoms with Crippen LogP contribution in [0.4, 0.5) is 8.78 Å². The van der Waals surface area contributed by atoms with Gasteiger partial charge in [0.25, 0.3) is 5.56 Å². The maximum Gasteiger partial charge on any atom is 0.255 e. The van der Waals surface area contributed by atoms with E-state index < -0.39 is 11.6 Å². The molecule has 6 heteroatoms. The molecule has 0 unspecified atom stereocenters. The number of hydrogen-bond donors (Lipinski definition) is 0. The second-order valence-electron chi connectivity index (χ2n) is 4.88. The van der Waals surface area contributed by atoms with Crippen molar-refractivity contribution in [1.29, 1.82) is 0 Å². The van der Waals surface area contributed by atoms with E-state index in [0.29, 0.717) is 11.4 Å². The third-order valence-corrected chi connectivity index (χ3v) is 3.47. The molecule has 1 aromatic carbocycles. The predicted octanol–water partition coefficient (Wildman–Crippen LogP) is 3.10. The average Bonchev–Trinajstić information content (AvgIpc) is 3.21. The summed E-state index contributed by atoms with van der Waals surface area (Å²) in [5.74, 6) is -0.984. The predicted molar refractivity (Wildman–Crippen MR) is 70.9 cm³/mol. The molecule has 1 heterocycles. The summed E-state index contributed by atoms with van der Waals surface area (Å²) in [5, 5.41) is 0.165. The van der Waals surface area contributed by atoms with Crippen molar-refractivity contribution >= 4 is 11.6 Å². The quantitative estimate of drug-likeness (QED) is 0.816. The highest BCUT2D eigenvalue weighted by Crippen LogP contribution is 2.38. The van der Waals surface area contributed by atoms with Crippen LogP contribution in [0.25, 0.3) is 0 Å². The molecule has 0 radical (unpaired) electrons. The summed E-state index contributed by atoms with van der Waals surface area (Å²) in [6.45, 7) is 0.159. The number of nitrogens with zero attached hydrogens (tertiary/aromatic N) is 2. The molecule has 0 aliphatic heterocycles. The molecule has 1 aromatic heterocycles. The zero-order chi connectivity index (χ0) is 14.3. The lowest BCUT2D eigenvalue weighted by atomic mass is 10.2.